The first-order valence-corrected chi connectivity index (χ1v) is 14.3. The minimum absolute atomic E-state index is 0.102. The van der Waals surface area contributed by atoms with Gasteiger partial charge in [-0.1, -0.05) is 36.2 Å². The lowest BCUT2D eigenvalue weighted by Crippen LogP contribution is -2.46. The van der Waals surface area contributed by atoms with Crippen LogP contribution < -0.4 is 0 Å². The summed E-state index contributed by atoms with van der Waals surface area (Å²) < 4.78 is 5.75. The average molecular weight is 551 g/mol. The van der Waals surface area contributed by atoms with Crippen LogP contribution in [0, 0.1) is 17.3 Å². The van der Waals surface area contributed by atoms with Crippen LogP contribution >= 0.6 is 23.2 Å². The second-order valence-corrected chi connectivity index (χ2v) is 12.6. The number of carbonyl (C=O) groups is 3. The number of piperidine rings is 1. The monoisotopic (exact) mass is 549 g/mol. The zero-order valence-corrected chi connectivity index (χ0v) is 23.4. The molecule has 5 rings (SSSR count). The van der Waals surface area contributed by atoms with Gasteiger partial charge in [-0.2, -0.15) is 0 Å². The SMILES string of the molecule is CC(OC(=O)N(C)[C@H]1CN(C(=O)C2CCN(C(=O)C3(C)CC3)CC2)C[C@@H]1c1ccc(Cl)c(Cl)c1)C1CC1. The number of carbonyl (C=O) groups excluding carboxylic acids is 3. The lowest BCUT2D eigenvalue weighted by Gasteiger charge is -2.34. The molecular weight excluding hydrogens is 513 g/mol. The summed E-state index contributed by atoms with van der Waals surface area (Å²) >= 11 is 12.5. The minimum Gasteiger partial charge on any atom is -0.446 e. The molecule has 4 aliphatic rings. The van der Waals surface area contributed by atoms with Crippen molar-refractivity contribution in [3.63, 3.8) is 0 Å². The topological polar surface area (TPSA) is 70.2 Å². The van der Waals surface area contributed by atoms with E-state index in [0.717, 1.165) is 31.2 Å². The number of hydrogen-bond acceptors (Lipinski definition) is 4. The standard InChI is InChI=1S/C28H37Cl2N3O4/c1-17(18-4-5-18)37-27(36)31(3)24-16-33(15-21(24)20-6-7-22(29)23(30)14-20)25(34)19-8-12-32(13-9-19)26(35)28(2)10-11-28/h6-7,14,17-19,21,24H,4-5,8-13,15-16H2,1-3H3/t17?,21-,24+/m1/s1. The van der Waals surface area contributed by atoms with Crippen molar-refractivity contribution in [1.82, 2.24) is 14.7 Å². The second-order valence-electron chi connectivity index (χ2n) is 11.8. The molecule has 7 nitrogen and oxygen atoms in total. The number of likely N-dealkylation sites (tertiary alicyclic amines) is 2. The van der Waals surface area contributed by atoms with E-state index >= 15 is 0 Å². The summed E-state index contributed by atoms with van der Waals surface area (Å²) in [7, 11) is 1.76. The molecule has 2 saturated carbocycles. The van der Waals surface area contributed by atoms with E-state index in [9.17, 15) is 14.4 Å². The van der Waals surface area contributed by atoms with Gasteiger partial charge in [0, 0.05) is 50.5 Å². The van der Waals surface area contributed by atoms with Gasteiger partial charge in [0.05, 0.1) is 16.1 Å². The van der Waals surface area contributed by atoms with Crippen LogP contribution in [0.25, 0.3) is 0 Å². The first-order chi connectivity index (χ1) is 17.6. The molecule has 1 aromatic carbocycles. The van der Waals surface area contributed by atoms with Crippen molar-refractivity contribution in [3.8, 4) is 0 Å². The maximum absolute atomic E-state index is 13.6. The Balaban J connectivity index is 1.28. The lowest BCUT2D eigenvalue weighted by atomic mass is 9.93. The Morgan fingerprint density at radius 2 is 1.70 bits per heavy atom. The van der Waals surface area contributed by atoms with Crippen LogP contribution in [0.15, 0.2) is 18.2 Å². The van der Waals surface area contributed by atoms with Crippen LogP contribution in [0.2, 0.25) is 10.0 Å². The molecule has 9 heteroatoms. The predicted octanol–water partition coefficient (Wildman–Crippen LogP) is 5.19. The molecule has 2 heterocycles. The zero-order valence-electron chi connectivity index (χ0n) is 21.9. The normalized spacial score (nSPS) is 26.1. The van der Waals surface area contributed by atoms with E-state index in [1.165, 1.54) is 0 Å². The molecule has 202 valence electrons. The number of hydrogen-bond donors (Lipinski definition) is 0. The smallest absolute Gasteiger partial charge is 0.410 e. The van der Waals surface area contributed by atoms with Crippen LogP contribution in [-0.2, 0) is 14.3 Å². The molecule has 37 heavy (non-hydrogen) atoms. The fraction of sp³-hybridized carbons (Fsp3) is 0.679. The third-order valence-electron chi connectivity index (χ3n) is 8.98. The molecule has 0 spiro atoms. The summed E-state index contributed by atoms with van der Waals surface area (Å²) in [5, 5.41) is 0.928. The first-order valence-electron chi connectivity index (χ1n) is 13.5. The number of benzene rings is 1. The Hall–Kier alpha value is -1.99. The van der Waals surface area contributed by atoms with E-state index in [-0.39, 0.29) is 47.3 Å². The van der Waals surface area contributed by atoms with Gasteiger partial charge in [0.15, 0.2) is 0 Å². The van der Waals surface area contributed by atoms with Crippen molar-refractivity contribution in [2.45, 2.75) is 70.4 Å². The van der Waals surface area contributed by atoms with E-state index in [2.05, 4.69) is 0 Å². The Labute approximate surface area is 229 Å². The Kier molecular flexibility index (Phi) is 7.40. The van der Waals surface area contributed by atoms with E-state index in [4.69, 9.17) is 27.9 Å². The fourth-order valence-electron chi connectivity index (χ4n) is 5.84. The number of rotatable bonds is 6. The molecule has 0 bridgehead atoms. The first kappa shape index (κ1) is 26.6. The molecule has 0 N–H and O–H groups in total. The van der Waals surface area contributed by atoms with Gasteiger partial charge in [0.25, 0.3) is 0 Å². The molecule has 4 fully saturated rings. The van der Waals surface area contributed by atoms with Gasteiger partial charge in [0.2, 0.25) is 11.8 Å². The van der Waals surface area contributed by atoms with Gasteiger partial charge in [-0.15, -0.1) is 0 Å². The van der Waals surface area contributed by atoms with Gasteiger partial charge >= 0.3 is 6.09 Å². The molecule has 2 aliphatic carbocycles. The molecular formula is C28H37Cl2N3O4. The Bertz CT molecular complexity index is 1070. The third kappa shape index (κ3) is 5.58. The van der Waals surface area contributed by atoms with Crippen molar-refractivity contribution in [2.75, 3.05) is 33.2 Å². The van der Waals surface area contributed by atoms with Gasteiger partial charge in [-0.25, -0.2) is 4.79 Å². The van der Waals surface area contributed by atoms with E-state index in [0.29, 0.717) is 55.0 Å². The number of halogens is 2. The van der Waals surface area contributed by atoms with Crippen molar-refractivity contribution < 1.29 is 19.1 Å². The molecule has 2 aliphatic heterocycles. The van der Waals surface area contributed by atoms with Crippen molar-refractivity contribution in [2.24, 2.45) is 17.3 Å². The molecule has 3 amide bonds. The fourth-order valence-corrected chi connectivity index (χ4v) is 6.15. The summed E-state index contributed by atoms with van der Waals surface area (Å²) in [6.45, 7) is 6.17. The predicted molar refractivity (Wildman–Crippen MR) is 143 cm³/mol. The number of ether oxygens (including phenoxy) is 1. The Morgan fingerprint density at radius 3 is 2.30 bits per heavy atom. The molecule has 1 unspecified atom stereocenters. The minimum atomic E-state index is -0.357. The van der Waals surface area contributed by atoms with Crippen LogP contribution in [0.4, 0.5) is 4.79 Å². The molecule has 2 saturated heterocycles. The summed E-state index contributed by atoms with van der Waals surface area (Å²) in [5.74, 6) is 0.566. The third-order valence-corrected chi connectivity index (χ3v) is 9.72. The number of nitrogens with zero attached hydrogens (tertiary/aromatic N) is 3. The van der Waals surface area contributed by atoms with Gasteiger partial charge < -0.3 is 19.4 Å². The highest BCUT2D eigenvalue weighted by atomic mass is 35.5. The van der Waals surface area contributed by atoms with Gasteiger partial charge in [-0.05, 0) is 69.1 Å². The molecule has 1 aromatic rings. The van der Waals surface area contributed by atoms with E-state index < -0.39 is 0 Å². The van der Waals surface area contributed by atoms with Crippen LogP contribution in [0.3, 0.4) is 0 Å². The van der Waals surface area contributed by atoms with Crippen LogP contribution in [0.5, 0.6) is 0 Å². The van der Waals surface area contributed by atoms with Gasteiger partial charge in [-0.3, -0.25) is 9.59 Å². The van der Waals surface area contributed by atoms with Crippen molar-refractivity contribution >= 4 is 41.1 Å². The molecule has 0 aromatic heterocycles. The van der Waals surface area contributed by atoms with Crippen LogP contribution in [0.1, 0.15) is 63.9 Å². The lowest BCUT2D eigenvalue weighted by molar-refractivity contribution is -0.142. The van der Waals surface area contributed by atoms with Crippen LogP contribution in [-0.4, -0.2) is 78.0 Å². The maximum Gasteiger partial charge on any atom is 0.410 e. The summed E-state index contributed by atoms with van der Waals surface area (Å²) in [6.07, 6.45) is 5.01. The quantitative estimate of drug-likeness (QED) is 0.489. The number of amides is 3. The maximum atomic E-state index is 13.6. The summed E-state index contributed by atoms with van der Waals surface area (Å²) in [6, 6.07) is 5.29. The molecule has 3 atom stereocenters. The van der Waals surface area contributed by atoms with E-state index in [1.54, 1.807) is 18.0 Å². The largest absolute Gasteiger partial charge is 0.446 e. The van der Waals surface area contributed by atoms with Crippen molar-refractivity contribution in [1.29, 1.82) is 0 Å². The summed E-state index contributed by atoms with van der Waals surface area (Å²) in [5.41, 5.74) is 0.769. The van der Waals surface area contributed by atoms with Crippen molar-refractivity contribution in [3.05, 3.63) is 33.8 Å². The highest BCUT2D eigenvalue weighted by Crippen LogP contribution is 2.47. The second kappa shape index (κ2) is 10.3. The highest BCUT2D eigenvalue weighted by molar-refractivity contribution is 6.42. The highest BCUT2D eigenvalue weighted by Gasteiger charge is 2.48. The Morgan fingerprint density at radius 1 is 1.03 bits per heavy atom. The molecule has 0 radical (unpaired) electrons. The van der Waals surface area contributed by atoms with Gasteiger partial charge in [0.1, 0.15) is 6.10 Å². The average Bonchev–Trinajstić information content (AvgIpc) is 3.82. The summed E-state index contributed by atoms with van der Waals surface area (Å²) in [4.78, 5) is 44.9. The number of likely N-dealkylation sites (N-methyl/N-ethyl adjacent to an activating group) is 1. The zero-order chi connectivity index (χ0) is 26.5. The van der Waals surface area contributed by atoms with E-state index in [1.807, 2.05) is 35.8 Å².